The fourth-order valence-corrected chi connectivity index (χ4v) is 1.28. The number of urea groups is 1. The van der Waals surface area contributed by atoms with Gasteiger partial charge in [0.2, 0.25) is 5.88 Å². The van der Waals surface area contributed by atoms with Crippen LogP contribution in [-0.4, -0.2) is 46.3 Å². The van der Waals surface area contributed by atoms with Crippen molar-refractivity contribution in [2.75, 3.05) is 12.4 Å². The predicted octanol–water partition coefficient (Wildman–Crippen LogP) is 0.140. The van der Waals surface area contributed by atoms with E-state index < -0.39 is 30.4 Å². The lowest BCUT2D eigenvalue weighted by molar-refractivity contribution is -0.145. The number of carbonyl (C=O) groups is 3. The first-order valence-corrected chi connectivity index (χ1v) is 5.44. The monoisotopic (exact) mass is 283 g/mol. The summed E-state index contributed by atoms with van der Waals surface area (Å²) < 4.78 is 4.83. The summed E-state index contributed by atoms with van der Waals surface area (Å²) >= 11 is 0. The Morgan fingerprint density at radius 1 is 1.35 bits per heavy atom. The Kier molecular flexibility index (Phi) is 5.27. The maximum atomic E-state index is 11.5. The molecule has 1 aromatic heterocycles. The smallest absolute Gasteiger partial charge is 0.326 e. The second-order valence-electron chi connectivity index (χ2n) is 3.68. The van der Waals surface area contributed by atoms with E-state index in [0.29, 0.717) is 11.6 Å². The lowest BCUT2D eigenvalue weighted by Crippen LogP contribution is -2.44. The number of nitrogens with one attached hydrogen (secondary N) is 2. The van der Waals surface area contributed by atoms with E-state index in [1.54, 1.807) is 0 Å². The highest BCUT2D eigenvalue weighted by atomic mass is 16.5. The van der Waals surface area contributed by atoms with Crippen LogP contribution in [-0.2, 0) is 9.59 Å². The number of amides is 2. The minimum Gasteiger partial charge on any atom is -0.481 e. The molecule has 0 saturated carbocycles. The van der Waals surface area contributed by atoms with Gasteiger partial charge in [-0.25, -0.2) is 14.6 Å². The van der Waals surface area contributed by atoms with Gasteiger partial charge in [-0.2, -0.15) is 0 Å². The molecule has 0 unspecified atom stereocenters. The Bertz CT molecular complexity index is 501. The van der Waals surface area contributed by atoms with Gasteiger partial charge in [-0.1, -0.05) is 0 Å². The predicted molar refractivity (Wildman–Crippen MR) is 66.6 cm³/mol. The first kappa shape index (κ1) is 15.2. The van der Waals surface area contributed by atoms with Crippen molar-refractivity contribution in [2.24, 2.45) is 0 Å². The van der Waals surface area contributed by atoms with Gasteiger partial charge in [0.1, 0.15) is 6.04 Å². The molecular weight excluding hydrogens is 270 g/mol. The van der Waals surface area contributed by atoms with Gasteiger partial charge in [-0.05, 0) is 6.07 Å². The molecule has 0 radical (unpaired) electrons. The third-order valence-corrected chi connectivity index (χ3v) is 2.19. The van der Waals surface area contributed by atoms with Gasteiger partial charge in [0.15, 0.2) is 0 Å². The molecule has 108 valence electrons. The molecule has 4 N–H and O–H groups in total. The number of nitrogens with zero attached hydrogens (tertiary/aromatic N) is 1. The third-order valence-electron chi connectivity index (χ3n) is 2.19. The van der Waals surface area contributed by atoms with E-state index in [-0.39, 0.29) is 0 Å². The van der Waals surface area contributed by atoms with Crippen molar-refractivity contribution >= 4 is 23.7 Å². The molecule has 9 nitrogen and oxygen atoms in total. The zero-order valence-electron chi connectivity index (χ0n) is 10.5. The minimum atomic E-state index is -1.52. The number of methoxy groups -OCH3 is 1. The van der Waals surface area contributed by atoms with Gasteiger partial charge in [0.25, 0.3) is 0 Å². The summed E-state index contributed by atoms with van der Waals surface area (Å²) in [7, 11) is 1.44. The highest BCUT2D eigenvalue weighted by molar-refractivity contribution is 5.93. The molecule has 1 atom stereocenters. The summed E-state index contributed by atoms with van der Waals surface area (Å²) in [5.41, 5.74) is 0.308. The Labute approximate surface area is 113 Å². The number of carboxylic acids is 2. The van der Waals surface area contributed by atoms with Crippen LogP contribution in [0.1, 0.15) is 6.42 Å². The van der Waals surface area contributed by atoms with Crippen LogP contribution < -0.4 is 15.4 Å². The number of pyridine rings is 1. The first-order valence-electron chi connectivity index (χ1n) is 5.44. The molecule has 0 aromatic carbocycles. The maximum Gasteiger partial charge on any atom is 0.326 e. The molecule has 1 rings (SSSR count). The van der Waals surface area contributed by atoms with Crippen LogP contribution >= 0.6 is 0 Å². The van der Waals surface area contributed by atoms with Crippen molar-refractivity contribution in [3.8, 4) is 5.88 Å². The molecule has 1 aromatic rings. The fourth-order valence-electron chi connectivity index (χ4n) is 1.28. The molecule has 0 aliphatic rings. The number of aromatic nitrogens is 1. The Morgan fingerprint density at radius 2 is 2.05 bits per heavy atom. The molecular formula is C11H13N3O6. The number of carbonyl (C=O) groups excluding carboxylic acids is 1. The zero-order chi connectivity index (χ0) is 15.1. The molecule has 9 heteroatoms. The van der Waals surface area contributed by atoms with Crippen LogP contribution in [0.5, 0.6) is 5.88 Å². The molecule has 2 amide bonds. The number of aliphatic carboxylic acids is 2. The number of hydrogen-bond donors (Lipinski definition) is 4. The van der Waals surface area contributed by atoms with Crippen LogP contribution in [0, 0.1) is 0 Å². The Balaban J connectivity index is 2.60. The average Bonchev–Trinajstić information content (AvgIpc) is 2.38. The van der Waals surface area contributed by atoms with Gasteiger partial charge >= 0.3 is 18.0 Å². The van der Waals surface area contributed by atoms with E-state index in [1.807, 2.05) is 5.32 Å². The normalized spacial score (nSPS) is 11.2. The van der Waals surface area contributed by atoms with Crippen molar-refractivity contribution in [3.05, 3.63) is 18.3 Å². The van der Waals surface area contributed by atoms with Gasteiger partial charge in [0.05, 0.1) is 25.4 Å². The Morgan fingerprint density at radius 3 is 2.50 bits per heavy atom. The van der Waals surface area contributed by atoms with Crippen molar-refractivity contribution in [1.82, 2.24) is 10.3 Å². The standard InChI is InChI=1S/C11H13N3O6/c1-20-8-3-2-6(5-12-8)13-11(19)14-7(10(17)18)4-9(15)16/h2-3,5,7H,4H2,1H3,(H,15,16)(H,17,18)(H2,13,14,19)/t7-/m0/s1. The summed E-state index contributed by atoms with van der Waals surface area (Å²) in [5.74, 6) is -2.41. The highest BCUT2D eigenvalue weighted by Crippen LogP contribution is 2.10. The van der Waals surface area contributed by atoms with Gasteiger partial charge in [0, 0.05) is 6.07 Å². The number of anilines is 1. The topological polar surface area (TPSA) is 138 Å². The maximum absolute atomic E-state index is 11.5. The summed E-state index contributed by atoms with van der Waals surface area (Å²) in [6.07, 6.45) is 0.592. The van der Waals surface area contributed by atoms with Gasteiger partial charge in [-0.15, -0.1) is 0 Å². The first-order chi connectivity index (χ1) is 9.42. The van der Waals surface area contributed by atoms with E-state index in [9.17, 15) is 14.4 Å². The van der Waals surface area contributed by atoms with Crippen LogP contribution in [0.3, 0.4) is 0 Å². The summed E-state index contributed by atoms with van der Waals surface area (Å²) in [6.45, 7) is 0. The summed E-state index contributed by atoms with van der Waals surface area (Å²) in [4.78, 5) is 36.6. The van der Waals surface area contributed by atoms with Crippen LogP contribution in [0.25, 0.3) is 0 Å². The zero-order valence-corrected chi connectivity index (χ0v) is 10.5. The van der Waals surface area contributed by atoms with Crippen molar-refractivity contribution < 1.29 is 29.3 Å². The fraction of sp³-hybridized carbons (Fsp3) is 0.273. The lowest BCUT2D eigenvalue weighted by Gasteiger charge is -2.13. The summed E-state index contributed by atoms with van der Waals surface area (Å²) in [6, 6.07) is 0.643. The number of hydrogen-bond acceptors (Lipinski definition) is 5. The van der Waals surface area contributed by atoms with Gasteiger partial charge in [-0.3, -0.25) is 4.79 Å². The van der Waals surface area contributed by atoms with E-state index >= 15 is 0 Å². The molecule has 0 saturated heterocycles. The molecule has 1 heterocycles. The molecule has 20 heavy (non-hydrogen) atoms. The van der Waals surface area contributed by atoms with Crippen molar-refractivity contribution in [3.63, 3.8) is 0 Å². The van der Waals surface area contributed by atoms with E-state index in [2.05, 4.69) is 10.3 Å². The van der Waals surface area contributed by atoms with Crippen molar-refractivity contribution in [2.45, 2.75) is 12.5 Å². The average molecular weight is 283 g/mol. The van der Waals surface area contributed by atoms with Gasteiger partial charge < -0.3 is 25.6 Å². The van der Waals surface area contributed by atoms with Crippen LogP contribution in [0.4, 0.5) is 10.5 Å². The highest BCUT2D eigenvalue weighted by Gasteiger charge is 2.22. The van der Waals surface area contributed by atoms with Crippen molar-refractivity contribution in [1.29, 1.82) is 0 Å². The van der Waals surface area contributed by atoms with E-state index in [0.717, 1.165) is 0 Å². The van der Waals surface area contributed by atoms with Crippen LogP contribution in [0.2, 0.25) is 0 Å². The molecule has 0 spiro atoms. The number of rotatable bonds is 6. The SMILES string of the molecule is COc1ccc(NC(=O)N[C@@H](CC(=O)O)C(=O)O)cn1. The second-order valence-corrected chi connectivity index (χ2v) is 3.68. The van der Waals surface area contributed by atoms with E-state index in [4.69, 9.17) is 14.9 Å². The summed E-state index contributed by atoms with van der Waals surface area (Å²) in [5, 5.41) is 21.7. The molecule has 0 aliphatic carbocycles. The second kappa shape index (κ2) is 6.92. The van der Waals surface area contributed by atoms with E-state index in [1.165, 1.54) is 25.4 Å². The Hall–Kier alpha value is -2.84. The third kappa shape index (κ3) is 4.80. The largest absolute Gasteiger partial charge is 0.481 e. The molecule has 0 bridgehead atoms. The number of ether oxygens (including phenoxy) is 1. The molecule has 0 aliphatic heterocycles. The van der Waals surface area contributed by atoms with Crippen LogP contribution in [0.15, 0.2) is 18.3 Å². The molecule has 0 fully saturated rings. The lowest BCUT2D eigenvalue weighted by atomic mass is 10.2. The minimum absolute atomic E-state index is 0.308. The number of carboxylic acid groups (broad SMARTS) is 2. The quantitative estimate of drug-likeness (QED) is 0.582.